The summed E-state index contributed by atoms with van der Waals surface area (Å²) in [5.74, 6) is -0.131. The molecule has 2 rings (SSSR count). The lowest BCUT2D eigenvalue weighted by Crippen LogP contribution is -2.52. The van der Waals surface area contributed by atoms with Crippen LogP contribution in [0, 0.1) is 19.7 Å². The highest BCUT2D eigenvalue weighted by molar-refractivity contribution is 5.89. The van der Waals surface area contributed by atoms with E-state index in [1.807, 2.05) is 13.0 Å². The minimum atomic E-state index is -0.822. The van der Waals surface area contributed by atoms with Crippen LogP contribution in [0.3, 0.4) is 0 Å². The molecule has 3 atom stereocenters. The maximum atomic E-state index is 14.2. The van der Waals surface area contributed by atoms with E-state index < -0.39 is 6.04 Å². The van der Waals surface area contributed by atoms with E-state index in [9.17, 15) is 14.0 Å². The Morgan fingerprint density at radius 2 is 1.54 bits per heavy atom. The molecule has 2 amide bonds. The maximum absolute atomic E-state index is 14.2. The van der Waals surface area contributed by atoms with Crippen LogP contribution in [0.4, 0.5) is 4.39 Å². The molecule has 0 aliphatic carbocycles. The summed E-state index contributed by atoms with van der Waals surface area (Å²) in [6.45, 7) is 27.9. The van der Waals surface area contributed by atoms with Gasteiger partial charge in [0.25, 0.3) is 0 Å². The van der Waals surface area contributed by atoms with Gasteiger partial charge in [-0.3, -0.25) is 14.6 Å². The molecule has 0 spiro atoms. The Kier molecular flexibility index (Phi) is 33.8. The second-order valence-corrected chi connectivity index (χ2v) is 13.6. The van der Waals surface area contributed by atoms with Gasteiger partial charge in [0.1, 0.15) is 11.9 Å². The minimum Gasteiger partial charge on any atom is -0.354 e. The standard InChI is InChI=1S/C31H51FN6O2.C8H10.2C3H8/c1-7-11-18-33-24(6)36-21-29(38-30(39)22-37-26(10-4)20-35-23(5)9-3)31(40)34-19-13-16-25-15-12-17-28(32)27(25)14-8-2;1-7-4-3-5-8(2)6-7;2*1-3-2/h7,11-12,15,17-18,23,26,29,35,37H,1,8-10,13-14,16,19-22H2,2-6H3,(H,33,36)(H,34,40)(H,38,39);3-6H,1-2H3;2*3H2,1-2H3/b18-11-;;;/t23-,26?,29?;;;/m0.../s1. The molecule has 0 aliphatic heterocycles. The zero-order valence-electron chi connectivity index (χ0n) is 35.8. The van der Waals surface area contributed by atoms with E-state index >= 15 is 0 Å². The van der Waals surface area contributed by atoms with E-state index in [1.54, 1.807) is 31.3 Å². The number of benzene rings is 2. The molecule has 2 aromatic rings. The number of hydrogen-bond donors (Lipinski definition) is 5. The smallest absolute Gasteiger partial charge is 0.244 e. The van der Waals surface area contributed by atoms with E-state index in [4.69, 9.17) is 0 Å². The SMILES string of the molecule is C=C/C=C\NC(C)=NCC(NC(=O)CNC(CC)CN[C@@H](C)CC)C(=O)NCCCc1cccc(F)c1CCC.CCC.CCC.Cc1cccc(C)c1. The lowest BCUT2D eigenvalue weighted by Gasteiger charge is -2.21. The van der Waals surface area contributed by atoms with Crippen LogP contribution in [0.1, 0.15) is 123 Å². The van der Waals surface area contributed by atoms with Gasteiger partial charge in [-0.2, -0.15) is 0 Å². The molecular weight excluding hydrogens is 676 g/mol. The molecule has 0 radical (unpaired) electrons. The highest BCUT2D eigenvalue weighted by Crippen LogP contribution is 2.17. The number of aryl methyl sites for hydroxylation is 3. The summed E-state index contributed by atoms with van der Waals surface area (Å²) in [5.41, 5.74) is 4.40. The van der Waals surface area contributed by atoms with Crippen LogP contribution >= 0.6 is 0 Å². The highest BCUT2D eigenvalue weighted by Gasteiger charge is 2.21. The molecule has 9 heteroatoms. The third-order valence-corrected chi connectivity index (χ3v) is 7.87. The largest absolute Gasteiger partial charge is 0.354 e. The molecule has 0 saturated carbocycles. The van der Waals surface area contributed by atoms with Crippen LogP contribution in [-0.4, -0.2) is 62.0 Å². The Morgan fingerprint density at radius 3 is 2.07 bits per heavy atom. The van der Waals surface area contributed by atoms with Gasteiger partial charge in [0.2, 0.25) is 11.8 Å². The number of amidine groups is 1. The molecule has 0 fully saturated rings. The summed E-state index contributed by atoms with van der Waals surface area (Å²) in [7, 11) is 0. The van der Waals surface area contributed by atoms with Gasteiger partial charge in [0, 0.05) is 31.4 Å². The Labute approximate surface area is 329 Å². The molecule has 0 heterocycles. The molecule has 8 nitrogen and oxygen atoms in total. The lowest BCUT2D eigenvalue weighted by molar-refractivity contribution is -0.128. The van der Waals surface area contributed by atoms with Crippen LogP contribution in [0.2, 0.25) is 0 Å². The van der Waals surface area contributed by atoms with Crippen molar-refractivity contribution in [1.29, 1.82) is 0 Å². The fraction of sp³-hybridized carbons (Fsp3) is 0.578. The topological polar surface area (TPSA) is 107 Å². The van der Waals surface area contributed by atoms with Crippen molar-refractivity contribution >= 4 is 17.6 Å². The van der Waals surface area contributed by atoms with Crippen LogP contribution in [-0.2, 0) is 22.4 Å². The third-order valence-electron chi connectivity index (χ3n) is 7.87. The first-order valence-electron chi connectivity index (χ1n) is 20.3. The van der Waals surface area contributed by atoms with E-state index in [-0.39, 0.29) is 36.8 Å². The van der Waals surface area contributed by atoms with Crippen LogP contribution in [0.25, 0.3) is 0 Å². The first-order chi connectivity index (χ1) is 25.9. The molecule has 0 aromatic heterocycles. The molecule has 54 heavy (non-hydrogen) atoms. The number of allylic oxidation sites excluding steroid dienone is 2. The van der Waals surface area contributed by atoms with Crippen LogP contribution in [0.15, 0.2) is 72.4 Å². The zero-order chi connectivity index (χ0) is 41.1. The van der Waals surface area contributed by atoms with E-state index in [2.05, 4.69) is 125 Å². The van der Waals surface area contributed by atoms with Crippen molar-refractivity contribution in [2.45, 2.75) is 146 Å². The average molecular weight is 753 g/mol. The molecule has 2 unspecified atom stereocenters. The molecule has 5 N–H and O–H groups in total. The number of amides is 2. The quantitative estimate of drug-likeness (QED) is 0.0402. The molecule has 0 bridgehead atoms. The monoisotopic (exact) mass is 753 g/mol. The predicted octanol–water partition coefficient (Wildman–Crippen LogP) is 8.91. The van der Waals surface area contributed by atoms with Gasteiger partial charge in [-0.25, -0.2) is 4.39 Å². The fourth-order valence-corrected chi connectivity index (χ4v) is 4.82. The predicted molar refractivity (Wildman–Crippen MR) is 232 cm³/mol. The Balaban J connectivity index is 0. The lowest BCUT2D eigenvalue weighted by atomic mass is 9.99. The minimum absolute atomic E-state index is 0.0929. The normalized spacial score (nSPS) is 12.4. The summed E-state index contributed by atoms with van der Waals surface area (Å²) >= 11 is 0. The molecule has 0 saturated heterocycles. The van der Waals surface area contributed by atoms with Crippen molar-refractivity contribution in [3.63, 3.8) is 0 Å². The number of halogens is 1. The maximum Gasteiger partial charge on any atom is 0.244 e. The molecule has 306 valence electrons. The van der Waals surface area contributed by atoms with Crippen molar-refractivity contribution in [1.82, 2.24) is 26.6 Å². The van der Waals surface area contributed by atoms with Gasteiger partial charge >= 0.3 is 0 Å². The first-order valence-corrected chi connectivity index (χ1v) is 20.3. The number of hydrogen-bond acceptors (Lipinski definition) is 5. The van der Waals surface area contributed by atoms with Gasteiger partial charge in [0.05, 0.1) is 18.9 Å². The third kappa shape index (κ3) is 27.7. The molecular formula is C45H77FN6O2. The van der Waals surface area contributed by atoms with Gasteiger partial charge in [-0.15, -0.1) is 0 Å². The first kappa shape index (κ1) is 52.3. The number of nitrogens with one attached hydrogen (secondary N) is 5. The van der Waals surface area contributed by atoms with Crippen LogP contribution < -0.4 is 26.6 Å². The van der Waals surface area contributed by atoms with E-state index in [0.717, 1.165) is 36.9 Å². The number of rotatable bonds is 20. The average Bonchev–Trinajstić information content (AvgIpc) is 3.14. The Bertz CT molecular complexity index is 1310. The second-order valence-electron chi connectivity index (χ2n) is 13.6. The number of carbonyl (C=O) groups is 2. The summed E-state index contributed by atoms with van der Waals surface area (Å²) < 4.78 is 14.2. The number of nitrogens with zero attached hydrogens (tertiary/aromatic N) is 1. The van der Waals surface area contributed by atoms with Gasteiger partial charge in [0.15, 0.2) is 0 Å². The molecule has 2 aromatic carbocycles. The van der Waals surface area contributed by atoms with Gasteiger partial charge in [-0.1, -0.05) is 128 Å². The Hall–Kier alpha value is -3.82. The number of carbonyl (C=O) groups excluding carboxylic acids is 2. The van der Waals surface area contributed by atoms with Crippen molar-refractivity contribution in [2.24, 2.45) is 4.99 Å². The van der Waals surface area contributed by atoms with Crippen molar-refractivity contribution in [3.8, 4) is 0 Å². The van der Waals surface area contributed by atoms with Crippen molar-refractivity contribution < 1.29 is 14.0 Å². The fourth-order valence-electron chi connectivity index (χ4n) is 4.82. The van der Waals surface area contributed by atoms with Gasteiger partial charge in [-0.05, 0) is 83.1 Å². The second kappa shape index (κ2) is 34.9. The summed E-state index contributed by atoms with van der Waals surface area (Å²) in [6.07, 6.45) is 12.4. The summed E-state index contributed by atoms with van der Waals surface area (Å²) in [6, 6.07) is 13.3. The van der Waals surface area contributed by atoms with Crippen molar-refractivity contribution in [2.75, 3.05) is 26.2 Å². The highest BCUT2D eigenvalue weighted by atomic mass is 19.1. The summed E-state index contributed by atoms with van der Waals surface area (Å²) in [5, 5.41) is 15.5. The summed E-state index contributed by atoms with van der Waals surface area (Å²) in [4.78, 5) is 30.3. The van der Waals surface area contributed by atoms with Crippen molar-refractivity contribution in [3.05, 3.63) is 95.5 Å². The van der Waals surface area contributed by atoms with E-state index in [0.29, 0.717) is 37.7 Å². The van der Waals surface area contributed by atoms with Crippen LogP contribution in [0.5, 0.6) is 0 Å². The van der Waals surface area contributed by atoms with E-state index in [1.165, 1.54) is 30.0 Å². The number of aliphatic imine (C=N–C) groups is 1. The molecule has 0 aliphatic rings. The zero-order valence-corrected chi connectivity index (χ0v) is 35.8. The van der Waals surface area contributed by atoms with Gasteiger partial charge < -0.3 is 26.6 Å². The Morgan fingerprint density at radius 1 is 0.907 bits per heavy atom.